The van der Waals surface area contributed by atoms with Gasteiger partial charge in [0.15, 0.2) is 6.61 Å². The highest BCUT2D eigenvalue weighted by Gasteiger charge is 2.23. The fraction of sp³-hybridized carbons (Fsp3) is 0.500. The summed E-state index contributed by atoms with van der Waals surface area (Å²) in [6.45, 7) is 1.94. The van der Waals surface area contributed by atoms with Crippen molar-refractivity contribution >= 4 is 34.6 Å². The van der Waals surface area contributed by atoms with Crippen LogP contribution in [0, 0.1) is 5.92 Å². The van der Waals surface area contributed by atoms with E-state index in [0.29, 0.717) is 11.6 Å². The number of amides is 1. The van der Waals surface area contributed by atoms with Gasteiger partial charge in [0.1, 0.15) is 5.01 Å². The summed E-state index contributed by atoms with van der Waals surface area (Å²) in [4.78, 5) is 28.4. The molecule has 0 saturated heterocycles. The topological polar surface area (TPSA) is 68.3 Å². The van der Waals surface area contributed by atoms with Gasteiger partial charge in [0, 0.05) is 22.4 Å². The molecule has 0 radical (unpaired) electrons. The van der Waals surface area contributed by atoms with Crippen LogP contribution in [0.3, 0.4) is 0 Å². The molecule has 134 valence electrons. The highest BCUT2D eigenvalue weighted by molar-refractivity contribution is 7.14. The largest absolute Gasteiger partial charge is 0.455 e. The molecule has 0 unspecified atom stereocenters. The lowest BCUT2D eigenvalue weighted by Crippen LogP contribution is -2.42. The Morgan fingerprint density at radius 2 is 2.16 bits per heavy atom. The quantitative estimate of drug-likeness (QED) is 0.779. The van der Waals surface area contributed by atoms with Crippen molar-refractivity contribution in [1.82, 2.24) is 10.3 Å². The number of thiazole rings is 1. The van der Waals surface area contributed by atoms with Crippen molar-refractivity contribution in [3.05, 3.63) is 27.9 Å². The average molecular weight is 379 g/mol. The lowest BCUT2D eigenvalue weighted by Gasteiger charge is -2.29. The van der Waals surface area contributed by atoms with Gasteiger partial charge in [-0.05, 0) is 30.2 Å². The van der Waals surface area contributed by atoms with Crippen LogP contribution in [0.5, 0.6) is 0 Å². The van der Waals surface area contributed by atoms with Crippen LogP contribution in [-0.4, -0.2) is 29.5 Å². The SMILES string of the molecule is C[C@@H]1CCCC[C@H]1NC(=O)COC(=O)Cc1csc(-c2ccsc2)n1. The van der Waals surface area contributed by atoms with E-state index >= 15 is 0 Å². The standard InChI is InChI=1S/C18H22N2O3S2/c1-12-4-2-3-5-15(12)20-16(21)9-23-17(22)8-14-11-25-18(19-14)13-6-7-24-10-13/h6-7,10-12,15H,2-5,8-9H2,1H3,(H,20,21)/t12-,15-/m1/s1. The molecule has 1 fully saturated rings. The van der Waals surface area contributed by atoms with Gasteiger partial charge in [0.25, 0.3) is 5.91 Å². The van der Waals surface area contributed by atoms with Crippen LogP contribution in [0.1, 0.15) is 38.3 Å². The fourth-order valence-electron chi connectivity index (χ4n) is 3.03. The molecule has 2 aromatic rings. The molecule has 1 aliphatic carbocycles. The summed E-state index contributed by atoms with van der Waals surface area (Å²) in [6, 6.07) is 2.20. The van der Waals surface area contributed by atoms with E-state index in [1.54, 1.807) is 11.3 Å². The Hall–Kier alpha value is -1.73. The first-order valence-electron chi connectivity index (χ1n) is 8.54. The second kappa shape index (κ2) is 8.58. The predicted molar refractivity (Wildman–Crippen MR) is 99.7 cm³/mol. The normalized spacial score (nSPS) is 20.2. The first-order chi connectivity index (χ1) is 12.1. The molecule has 25 heavy (non-hydrogen) atoms. The van der Waals surface area contributed by atoms with Crippen LogP contribution in [-0.2, 0) is 20.7 Å². The molecule has 2 heterocycles. The summed E-state index contributed by atoms with van der Waals surface area (Å²) in [5.74, 6) is -0.155. The number of hydrogen-bond donors (Lipinski definition) is 1. The minimum absolute atomic E-state index is 0.0910. The van der Waals surface area contributed by atoms with E-state index in [2.05, 4.69) is 17.2 Å². The summed E-state index contributed by atoms with van der Waals surface area (Å²) in [7, 11) is 0. The number of nitrogens with zero attached hydrogens (tertiary/aromatic N) is 1. The molecule has 0 spiro atoms. The Bertz CT molecular complexity index is 712. The van der Waals surface area contributed by atoms with Crippen LogP contribution in [0.15, 0.2) is 22.2 Å². The summed E-state index contributed by atoms with van der Waals surface area (Å²) >= 11 is 3.12. The monoisotopic (exact) mass is 378 g/mol. The van der Waals surface area contributed by atoms with E-state index in [1.165, 1.54) is 17.8 Å². The van der Waals surface area contributed by atoms with Gasteiger partial charge in [-0.2, -0.15) is 11.3 Å². The van der Waals surface area contributed by atoms with Crippen molar-refractivity contribution in [3.8, 4) is 10.6 Å². The first kappa shape index (κ1) is 18.1. The van der Waals surface area contributed by atoms with Crippen molar-refractivity contribution in [2.24, 2.45) is 5.92 Å². The Labute approximate surface area is 155 Å². The average Bonchev–Trinajstić information content (AvgIpc) is 3.26. The molecule has 1 N–H and O–H groups in total. The number of esters is 1. The second-order valence-corrected chi connectivity index (χ2v) is 8.07. The van der Waals surface area contributed by atoms with E-state index in [-0.39, 0.29) is 25.0 Å². The third kappa shape index (κ3) is 5.12. The van der Waals surface area contributed by atoms with Crippen LogP contribution in [0.25, 0.3) is 10.6 Å². The molecular formula is C18H22N2O3S2. The fourth-order valence-corrected chi connectivity index (χ4v) is 4.56. The van der Waals surface area contributed by atoms with Crippen molar-refractivity contribution in [2.45, 2.75) is 45.1 Å². The highest BCUT2D eigenvalue weighted by Crippen LogP contribution is 2.26. The zero-order valence-electron chi connectivity index (χ0n) is 14.2. The van der Waals surface area contributed by atoms with E-state index in [4.69, 9.17) is 4.74 Å². The zero-order chi connectivity index (χ0) is 17.6. The van der Waals surface area contributed by atoms with Gasteiger partial charge in [0.05, 0.1) is 12.1 Å². The minimum atomic E-state index is -0.422. The number of thiophene rings is 1. The number of ether oxygens (including phenoxy) is 1. The maximum absolute atomic E-state index is 12.0. The van der Waals surface area contributed by atoms with Crippen LogP contribution < -0.4 is 5.32 Å². The first-order valence-corrected chi connectivity index (χ1v) is 10.4. The zero-order valence-corrected chi connectivity index (χ0v) is 15.8. The third-order valence-electron chi connectivity index (χ3n) is 4.47. The lowest BCUT2D eigenvalue weighted by molar-refractivity contribution is -0.148. The molecule has 1 saturated carbocycles. The van der Waals surface area contributed by atoms with Crippen LogP contribution >= 0.6 is 22.7 Å². The third-order valence-corrected chi connectivity index (χ3v) is 6.09. The molecule has 2 aromatic heterocycles. The van der Waals surface area contributed by atoms with Gasteiger partial charge in [-0.25, -0.2) is 4.98 Å². The Morgan fingerprint density at radius 1 is 1.32 bits per heavy atom. The van der Waals surface area contributed by atoms with Gasteiger partial charge < -0.3 is 10.1 Å². The van der Waals surface area contributed by atoms with Crippen molar-refractivity contribution in [3.63, 3.8) is 0 Å². The number of carbonyl (C=O) groups excluding carboxylic acids is 2. The Morgan fingerprint density at radius 3 is 2.92 bits per heavy atom. The van der Waals surface area contributed by atoms with Gasteiger partial charge >= 0.3 is 5.97 Å². The molecule has 5 nitrogen and oxygen atoms in total. The van der Waals surface area contributed by atoms with Gasteiger partial charge in [-0.1, -0.05) is 19.8 Å². The Kier molecular flexibility index (Phi) is 6.20. The Balaban J connectivity index is 1.42. The number of hydrogen-bond acceptors (Lipinski definition) is 6. The van der Waals surface area contributed by atoms with E-state index in [0.717, 1.165) is 29.8 Å². The van der Waals surface area contributed by atoms with Crippen LogP contribution in [0.4, 0.5) is 0 Å². The van der Waals surface area contributed by atoms with Crippen molar-refractivity contribution < 1.29 is 14.3 Å². The predicted octanol–water partition coefficient (Wildman–Crippen LogP) is 3.65. The summed E-state index contributed by atoms with van der Waals surface area (Å²) in [5.41, 5.74) is 1.74. The van der Waals surface area contributed by atoms with E-state index in [1.807, 2.05) is 22.2 Å². The number of nitrogens with one attached hydrogen (secondary N) is 1. The van der Waals surface area contributed by atoms with Crippen LogP contribution in [0.2, 0.25) is 0 Å². The molecule has 0 aromatic carbocycles. The van der Waals surface area contributed by atoms with Gasteiger partial charge in [-0.15, -0.1) is 11.3 Å². The summed E-state index contributed by atoms with van der Waals surface area (Å²) in [5, 5.41) is 9.76. The van der Waals surface area contributed by atoms with E-state index in [9.17, 15) is 9.59 Å². The van der Waals surface area contributed by atoms with Crippen molar-refractivity contribution in [2.75, 3.05) is 6.61 Å². The second-order valence-electron chi connectivity index (χ2n) is 6.43. The van der Waals surface area contributed by atoms with Gasteiger partial charge in [-0.3, -0.25) is 9.59 Å². The molecule has 7 heteroatoms. The number of aromatic nitrogens is 1. The molecule has 1 aliphatic rings. The highest BCUT2D eigenvalue weighted by atomic mass is 32.1. The minimum Gasteiger partial charge on any atom is -0.455 e. The molecule has 1 amide bonds. The smallest absolute Gasteiger partial charge is 0.312 e. The van der Waals surface area contributed by atoms with Gasteiger partial charge in [0.2, 0.25) is 0 Å². The molecule has 0 aliphatic heterocycles. The number of carbonyl (C=O) groups is 2. The maximum Gasteiger partial charge on any atom is 0.312 e. The summed E-state index contributed by atoms with van der Waals surface area (Å²) in [6.07, 6.45) is 4.61. The molecule has 2 atom stereocenters. The van der Waals surface area contributed by atoms with E-state index < -0.39 is 5.97 Å². The molecular weight excluding hydrogens is 356 g/mol. The van der Waals surface area contributed by atoms with Crippen molar-refractivity contribution in [1.29, 1.82) is 0 Å². The molecule has 0 bridgehead atoms. The lowest BCUT2D eigenvalue weighted by atomic mass is 9.86. The maximum atomic E-state index is 12.0. The number of rotatable bonds is 6. The summed E-state index contributed by atoms with van der Waals surface area (Å²) < 4.78 is 5.10. The molecule has 3 rings (SSSR count).